The summed E-state index contributed by atoms with van der Waals surface area (Å²) in [4.78, 5) is 4.10. The third-order valence-electron chi connectivity index (χ3n) is 2.35. The Morgan fingerprint density at radius 1 is 1.11 bits per heavy atom. The fourth-order valence-electron chi connectivity index (χ4n) is 1.51. The summed E-state index contributed by atoms with van der Waals surface area (Å²) in [6.07, 6.45) is 1.52. The molecule has 0 bridgehead atoms. The zero-order valence-corrected chi connectivity index (χ0v) is 11.8. The van der Waals surface area contributed by atoms with Gasteiger partial charge in [-0.25, -0.2) is 0 Å². The number of aromatic nitrogens is 1. The first-order valence-corrected chi connectivity index (χ1v) is 7.58. The average Bonchev–Trinajstić information content (AvgIpc) is 2.34. The summed E-state index contributed by atoms with van der Waals surface area (Å²) < 4.78 is 12.0. The molecular weight excluding hydrogens is 289 g/mol. The number of pyridine rings is 1. The average molecular weight is 300 g/mol. The number of rotatable bonds is 4. The highest BCUT2D eigenvalue weighted by molar-refractivity contribution is 7.83. The maximum absolute atomic E-state index is 12.0. The smallest absolute Gasteiger partial charge is 0.0715 e. The standard InChI is InChI=1S/C13H11Cl2NOS/c14-11-6-12(15)13(16-7-11)9-18(17)8-10-4-2-1-3-5-10/h1-7H,8-9H2. The first-order valence-electron chi connectivity index (χ1n) is 5.34. The van der Waals surface area contributed by atoms with Gasteiger partial charge in [-0.15, -0.1) is 0 Å². The number of hydrogen-bond donors (Lipinski definition) is 0. The largest absolute Gasteiger partial charge is 0.259 e. The van der Waals surface area contributed by atoms with Crippen LogP contribution in [0.4, 0.5) is 0 Å². The van der Waals surface area contributed by atoms with Gasteiger partial charge < -0.3 is 0 Å². The van der Waals surface area contributed by atoms with Crippen LogP contribution >= 0.6 is 23.2 Å². The molecule has 1 unspecified atom stereocenters. The molecule has 1 atom stereocenters. The molecule has 0 spiro atoms. The molecular formula is C13H11Cl2NOS. The van der Waals surface area contributed by atoms with E-state index in [1.165, 1.54) is 6.20 Å². The highest BCUT2D eigenvalue weighted by Gasteiger charge is 2.08. The van der Waals surface area contributed by atoms with Crippen LogP contribution in [0, 0.1) is 0 Å². The number of nitrogens with zero attached hydrogens (tertiary/aromatic N) is 1. The SMILES string of the molecule is O=S(Cc1ccccc1)Cc1ncc(Cl)cc1Cl. The highest BCUT2D eigenvalue weighted by Crippen LogP contribution is 2.20. The number of halogens is 2. The second kappa shape index (κ2) is 6.32. The van der Waals surface area contributed by atoms with Crippen molar-refractivity contribution >= 4 is 34.0 Å². The molecule has 2 aromatic rings. The van der Waals surface area contributed by atoms with Crippen molar-refractivity contribution in [3.63, 3.8) is 0 Å². The Hall–Kier alpha value is -0.900. The predicted molar refractivity (Wildman–Crippen MR) is 76.2 cm³/mol. The molecule has 1 aromatic heterocycles. The fourth-order valence-corrected chi connectivity index (χ4v) is 3.24. The van der Waals surface area contributed by atoms with Gasteiger partial charge >= 0.3 is 0 Å². The lowest BCUT2D eigenvalue weighted by atomic mass is 10.2. The van der Waals surface area contributed by atoms with Crippen molar-refractivity contribution in [1.82, 2.24) is 4.98 Å². The first kappa shape index (κ1) is 13.5. The third kappa shape index (κ3) is 3.80. The van der Waals surface area contributed by atoms with E-state index in [1.807, 2.05) is 30.3 Å². The molecule has 0 aliphatic carbocycles. The van der Waals surface area contributed by atoms with Gasteiger partial charge in [0.1, 0.15) is 0 Å². The van der Waals surface area contributed by atoms with E-state index in [-0.39, 0.29) is 0 Å². The van der Waals surface area contributed by atoms with E-state index < -0.39 is 10.8 Å². The van der Waals surface area contributed by atoms with Crippen molar-refractivity contribution in [2.75, 3.05) is 0 Å². The normalized spacial score (nSPS) is 12.3. The minimum Gasteiger partial charge on any atom is -0.259 e. The van der Waals surface area contributed by atoms with Crippen LogP contribution in [-0.4, -0.2) is 9.19 Å². The molecule has 0 saturated heterocycles. The maximum Gasteiger partial charge on any atom is 0.0715 e. The lowest BCUT2D eigenvalue weighted by molar-refractivity contribution is 0.681. The van der Waals surface area contributed by atoms with Gasteiger partial charge in [0.05, 0.1) is 21.5 Å². The van der Waals surface area contributed by atoms with Crippen molar-refractivity contribution in [2.24, 2.45) is 0 Å². The Kier molecular flexibility index (Phi) is 4.75. The summed E-state index contributed by atoms with van der Waals surface area (Å²) in [5.74, 6) is 0.840. The molecule has 0 fully saturated rings. The highest BCUT2D eigenvalue weighted by atomic mass is 35.5. The summed E-state index contributed by atoms with van der Waals surface area (Å²) >= 11 is 11.8. The van der Waals surface area contributed by atoms with E-state index in [0.717, 1.165) is 5.56 Å². The summed E-state index contributed by atoms with van der Waals surface area (Å²) in [5, 5.41) is 0.946. The molecule has 0 radical (unpaired) electrons. The molecule has 0 aliphatic heterocycles. The first-order chi connectivity index (χ1) is 8.65. The van der Waals surface area contributed by atoms with Crippen LogP contribution < -0.4 is 0 Å². The van der Waals surface area contributed by atoms with E-state index in [0.29, 0.717) is 27.2 Å². The Balaban J connectivity index is 2.03. The minimum absolute atomic E-state index is 0.338. The third-order valence-corrected chi connectivity index (χ3v) is 4.14. The lowest BCUT2D eigenvalue weighted by Crippen LogP contribution is -2.01. The minimum atomic E-state index is -1.03. The quantitative estimate of drug-likeness (QED) is 0.858. The second-order valence-electron chi connectivity index (χ2n) is 3.80. The predicted octanol–water partition coefficient (Wildman–Crippen LogP) is 3.84. The van der Waals surface area contributed by atoms with Crippen molar-refractivity contribution in [3.05, 3.63) is 63.9 Å². The number of benzene rings is 1. The molecule has 94 valence electrons. The van der Waals surface area contributed by atoms with E-state index in [2.05, 4.69) is 4.98 Å². The summed E-state index contributed by atoms with van der Waals surface area (Å²) in [7, 11) is -1.03. The van der Waals surface area contributed by atoms with Crippen LogP contribution in [0.1, 0.15) is 11.3 Å². The molecule has 0 amide bonds. The van der Waals surface area contributed by atoms with Gasteiger partial charge in [-0.1, -0.05) is 53.5 Å². The van der Waals surface area contributed by atoms with Crippen molar-refractivity contribution in [1.29, 1.82) is 0 Å². The maximum atomic E-state index is 12.0. The van der Waals surface area contributed by atoms with Crippen LogP contribution in [0.2, 0.25) is 10.0 Å². The Morgan fingerprint density at radius 2 is 1.83 bits per heavy atom. The lowest BCUT2D eigenvalue weighted by Gasteiger charge is -2.04. The van der Waals surface area contributed by atoms with Gasteiger partial charge in [0, 0.05) is 22.7 Å². The Bertz CT molecular complexity index is 560. The molecule has 18 heavy (non-hydrogen) atoms. The Labute approximate surface area is 118 Å². The number of hydrogen-bond acceptors (Lipinski definition) is 2. The molecule has 0 aliphatic rings. The summed E-state index contributed by atoms with van der Waals surface area (Å²) in [6, 6.07) is 11.3. The van der Waals surface area contributed by atoms with Gasteiger partial charge in [-0.2, -0.15) is 0 Å². The van der Waals surface area contributed by atoms with Crippen LogP contribution in [-0.2, 0) is 22.3 Å². The van der Waals surface area contributed by atoms with Crippen molar-refractivity contribution in [3.8, 4) is 0 Å². The van der Waals surface area contributed by atoms with E-state index >= 15 is 0 Å². The van der Waals surface area contributed by atoms with E-state index in [4.69, 9.17) is 23.2 Å². The van der Waals surface area contributed by atoms with Gasteiger partial charge in [-0.3, -0.25) is 9.19 Å². The van der Waals surface area contributed by atoms with Gasteiger partial charge in [0.15, 0.2) is 0 Å². The van der Waals surface area contributed by atoms with E-state index in [9.17, 15) is 4.21 Å². The molecule has 2 rings (SSSR count). The molecule has 2 nitrogen and oxygen atoms in total. The second-order valence-corrected chi connectivity index (χ2v) is 6.10. The van der Waals surface area contributed by atoms with Crippen LogP contribution in [0.5, 0.6) is 0 Å². The fraction of sp³-hybridized carbons (Fsp3) is 0.154. The topological polar surface area (TPSA) is 30.0 Å². The zero-order chi connectivity index (χ0) is 13.0. The van der Waals surface area contributed by atoms with Crippen LogP contribution in [0.25, 0.3) is 0 Å². The van der Waals surface area contributed by atoms with Crippen molar-refractivity contribution in [2.45, 2.75) is 11.5 Å². The molecule has 5 heteroatoms. The molecule has 0 N–H and O–H groups in total. The monoisotopic (exact) mass is 299 g/mol. The van der Waals surface area contributed by atoms with Crippen LogP contribution in [0.3, 0.4) is 0 Å². The van der Waals surface area contributed by atoms with Crippen molar-refractivity contribution < 1.29 is 4.21 Å². The molecule has 1 aromatic carbocycles. The van der Waals surface area contributed by atoms with Gasteiger partial charge in [0.25, 0.3) is 0 Å². The van der Waals surface area contributed by atoms with Gasteiger partial charge in [0.2, 0.25) is 0 Å². The summed E-state index contributed by atoms with van der Waals surface area (Å²) in [5.41, 5.74) is 1.66. The van der Waals surface area contributed by atoms with E-state index in [1.54, 1.807) is 6.07 Å². The Morgan fingerprint density at radius 3 is 2.50 bits per heavy atom. The van der Waals surface area contributed by atoms with Crippen LogP contribution in [0.15, 0.2) is 42.6 Å². The zero-order valence-electron chi connectivity index (χ0n) is 9.48. The summed E-state index contributed by atoms with van der Waals surface area (Å²) in [6.45, 7) is 0. The molecule has 1 heterocycles. The molecule has 0 saturated carbocycles. The van der Waals surface area contributed by atoms with Gasteiger partial charge in [-0.05, 0) is 11.6 Å².